The van der Waals surface area contributed by atoms with Gasteiger partial charge >= 0.3 is 6.18 Å². The van der Waals surface area contributed by atoms with Crippen molar-refractivity contribution in [3.63, 3.8) is 0 Å². The number of nitrogens with zero attached hydrogens (tertiary/aromatic N) is 3. The molecule has 2 N–H and O–H groups in total. The van der Waals surface area contributed by atoms with Crippen LogP contribution in [0.1, 0.15) is 17.4 Å². The fourth-order valence-corrected chi connectivity index (χ4v) is 2.63. The summed E-state index contributed by atoms with van der Waals surface area (Å²) in [5.74, 6) is -0.185. The molecule has 0 saturated heterocycles. The molecule has 0 fully saturated rings. The highest BCUT2D eigenvalue weighted by Crippen LogP contribution is 2.31. The maximum absolute atomic E-state index is 13.2. The molecule has 27 heavy (non-hydrogen) atoms. The second-order valence-corrected chi connectivity index (χ2v) is 6.03. The summed E-state index contributed by atoms with van der Waals surface area (Å²) in [5.41, 5.74) is -0.284. The first-order valence-electron chi connectivity index (χ1n) is 7.87. The number of halogens is 4. The van der Waals surface area contributed by atoms with Crippen LogP contribution in [0.5, 0.6) is 0 Å². The minimum absolute atomic E-state index is 0.0673. The average molecular weight is 395 g/mol. The van der Waals surface area contributed by atoms with Gasteiger partial charge in [-0.25, -0.2) is 9.97 Å². The number of hydrogen-bond acceptors (Lipinski definition) is 5. The Labute approximate surface area is 157 Å². The molecule has 0 aliphatic carbocycles. The van der Waals surface area contributed by atoms with Gasteiger partial charge in [-0.3, -0.25) is 4.98 Å². The van der Waals surface area contributed by atoms with Crippen molar-refractivity contribution in [1.29, 1.82) is 0 Å². The van der Waals surface area contributed by atoms with E-state index in [0.29, 0.717) is 16.1 Å². The Hall–Kier alpha value is -2.71. The molecule has 5 nitrogen and oxygen atoms in total. The number of alkyl halides is 3. The van der Waals surface area contributed by atoms with Crippen LogP contribution in [-0.4, -0.2) is 26.6 Å². The summed E-state index contributed by atoms with van der Waals surface area (Å²) in [7, 11) is 0. The number of rotatable bonds is 5. The molecular weight excluding hydrogens is 381 g/mol. The van der Waals surface area contributed by atoms with Gasteiger partial charge in [-0.15, -0.1) is 0 Å². The van der Waals surface area contributed by atoms with Crippen LogP contribution in [0.2, 0.25) is 5.02 Å². The lowest BCUT2D eigenvalue weighted by Crippen LogP contribution is -2.16. The largest absolute Gasteiger partial charge is 0.433 e. The molecular formula is C18H14ClF3N4O. The molecule has 0 saturated carbocycles. The van der Waals surface area contributed by atoms with E-state index in [2.05, 4.69) is 20.3 Å². The summed E-state index contributed by atoms with van der Waals surface area (Å²) >= 11 is 6.02. The van der Waals surface area contributed by atoms with E-state index in [1.54, 1.807) is 36.4 Å². The van der Waals surface area contributed by atoms with E-state index in [4.69, 9.17) is 11.6 Å². The van der Waals surface area contributed by atoms with E-state index in [9.17, 15) is 18.3 Å². The molecule has 0 bridgehead atoms. The highest BCUT2D eigenvalue weighted by atomic mass is 35.5. The monoisotopic (exact) mass is 394 g/mol. The summed E-state index contributed by atoms with van der Waals surface area (Å²) in [6.45, 7) is -0.0788. The molecule has 0 aliphatic rings. The van der Waals surface area contributed by atoms with Gasteiger partial charge in [0.15, 0.2) is 11.5 Å². The van der Waals surface area contributed by atoms with Crippen LogP contribution in [0.3, 0.4) is 0 Å². The molecule has 2 heterocycles. The van der Waals surface area contributed by atoms with E-state index < -0.39 is 18.0 Å². The van der Waals surface area contributed by atoms with Crippen molar-refractivity contribution in [2.75, 3.05) is 11.9 Å². The molecule has 3 rings (SSSR count). The molecule has 0 amide bonds. The van der Waals surface area contributed by atoms with Gasteiger partial charge < -0.3 is 10.4 Å². The Morgan fingerprint density at radius 1 is 1.11 bits per heavy atom. The number of aliphatic hydroxyl groups excluding tert-OH is 1. The molecule has 0 radical (unpaired) electrons. The smallest absolute Gasteiger partial charge is 0.387 e. The summed E-state index contributed by atoms with van der Waals surface area (Å²) in [4.78, 5) is 11.5. The standard InChI is InChI=1S/C18H14ClF3N4O/c19-13-6-2-1-5-12(13)14(27)10-24-16-8-15(18(20,21)22)25-17(26-16)11-4-3-7-23-9-11/h1-9,14,27H,10H2,(H,24,25,26). The zero-order chi connectivity index (χ0) is 19.4. The number of hydrogen-bond donors (Lipinski definition) is 2. The molecule has 1 atom stereocenters. The van der Waals surface area contributed by atoms with Gasteiger partial charge in [-0.2, -0.15) is 13.2 Å². The van der Waals surface area contributed by atoms with Gasteiger partial charge in [0.25, 0.3) is 0 Å². The zero-order valence-corrected chi connectivity index (χ0v) is 14.5. The maximum Gasteiger partial charge on any atom is 0.433 e. The Morgan fingerprint density at radius 3 is 2.56 bits per heavy atom. The maximum atomic E-state index is 13.2. The Morgan fingerprint density at radius 2 is 1.89 bits per heavy atom. The van der Waals surface area contributed by atoms with Crippen LogP contribution >= 0.6 is 11.6 Å². The molecule has 1 aromatic carbocycles. The van der Waals surface area contributed by atoms with Gasteiger partial charge in [-0.1, -0.05) is 29.8 Å². The molecule has 2 aromatic heterocycles. The number of pyridine rings is 1. The van der Waals surface area contributed by atoms with E-state index in [0.717, 1.165) is 6.07 Å². The lowest BCUT2D eigenvalue weighted by molar-refractivity contribution is -0.141. The second-order valence-electron chi connectivity index (χ2n) is 5.62. The number of aliphatic hydroxyl groups is 1. The number of benzene rings is 1. The first kappa shape index (κ1) is 19.1. The van der Waals surface area contributed by atoms with Crippen LogP contribution in [0.4, 0.5) is 19.0 Å². The van der Waals surface area contributed by atoms with Crippen LogP contribution in [-0.2, 0) is 6.18 Å². The van der Waals surface area contributed by atoms with Crippen molar-refractivity contribution >= 4 is 17.4 Å². The molecule has 3 aromatic rings. The summed E-state index contributed by atoms with van der Waals surface area (Å²) in [5, 5.41) is 13.3. The van der Waals surface area contributed by atoms with Crippen molar-refractivity contribution in [1.82, 2.24) is 15.0 Å². The first-order valence-corrected chi connectivity index (χ1v) is 8.25. The predicted octanol–water partition coefficient (Wildman–Crippen LogP) is 4.36. The van der Waals surface area contributed by atoms with Crippen molar-refractivity contribution in [2.24, 2.45) is 0 Å². The zero-order valence-electron chi connectivity index (χ0n) is 13.8. The van der Waals surface area contributed by atoms with Gasteiger partial charge in [0.05, 0.1) is 6.10 Å². The molecule has 140 valence electrons. The second kappa shape index (κ2) is 7.89. The normalized spacial score (nSPS) is 12.6. The van der Waals surface area contributed by atoms with Crippen molar-refractivity contribution in [3.05, 3.63) is 71.1 Å². The van der Waals surface area contributed by atoms with E-state index in [-0.39, 0.29) is 18.2 Å². The topological polar surface area (TPSA) is 70.9 Å². The fourth-order valence-electron chi connectivity index (χ4n) is 2.36. The summed E-state index contributed by atoms with van der Waals surface area (Å²) in [6.07, 6.45) is -2.80. The first-order chi connectivity index (χ1) is 12.8. The van der Waals surface area contributed by atoms with Gasteiger partial charge in [-0.05, 0) is 18.2 Å². The lowest BCUT2D eigenvalue weighted by atomic mass is 10.1. The molecule has 0 spiro atoms. The fraction of sp³-hybridized carbons (Fsp3) is 0.167. The van der Waals surface area contributed by atoms with Gasteiger partial charge in [0, 0.05) is 41.2 Å². The van der Waals surface area contributed by atoms with E-state index in [1.165, 1.54) is 12.4 Å². The number of nitrogens with one attached hydrogen (secondary N) is 1. The molecule has 9 heteroatoms. The highest BCUT2D eigenvalue weighted by Gasteiger charge is 2.34. The summed E-state index contributed by atoms with van der Waals surface area (Å²) in [6, 6.07) is 10.6. The van der Waals surface area contributed by atoms with Crippen LogP contribution in [0.25, 0.3) is 11.4 Å². The molecule has 1 unspecified atom stereocenters. The third-order valence-electron chi connectivity index (χ3n) is 3.68. The third kappa shape index (κ3) is 4.72. The van der Waals surface area contributed by atoms with Crippen molar-refractivity contribution in [2.45, 2.75) is 12.3 Å². The summed E-state index contributed by atoms with van der Waals surface area (Å²) < 4.78 is 39.5. The quantitative estimate of drug-likeness (QED) is 0.673. The third-order valence-corrected chi connectivity index (χ3v) is 4.02. The highest BCUT2D eigenvalue weighted by molar-refractivity contribution is 6.31. The Bertz CT molecular complexity index is 922. The average Bonchev–Trinajstić information content (AvgIpc) is 2.66. The van der Waals surface area contributed by atoms with E-state index >= 15 is 0 Å². The Kier molecular flexibility index (Phi) is 5.57. The van der Waals surface area contributed by atoms with Gasteiger partial charge in [0.1, 0.15) is 5.82 Å². The minimum Gasteiger partial charge on any atom is -0.387 e. The van der Waals surface area contributed by atoms with Crippen molar-refractivity contribution in [3.8, 4) is 11.4 Å². The lowest BCUT2D eigenvalue weighted by Gasteiger charge is -2.15. The number of anilines is 1. The van der Waals surface area contributed by atoms with Crippen molar-refractivity contribution < 1.29 is 18.3 Å². The molecule has 0 aliphatic heterocycles. The van der Waals surface area contributed by atoms with Crippen LogP contribution in [0.15, 0.2) is 54.9 Å². The Balaban J connectivity index is 1.87. The minimum atomic E-state index is -4.64. The van der Waals surface area contributed by atoms with E-state index in [1.807, 2.05) is 0 Å². The van der Waals surface area contributed by atoms with Crippen LogP contribution < -0.4 is 5.32 Å². The van der Waals surface area contributed by atoms with Crippen LogP contribution in [0, 0.1) is 0 Å². The van der Waals surface area contributed by atoms with Gasteiger partial charge in [0.2, 0.25) is 0 Å². The predicted molar refractivity (Wildman–Crippen MR) is 95.2 cm³/mol. The number of aromatic nitrogens is 3. The SMILES string of the molecule is OC(CNc1cc(C(F)(F)F)nc(-c2cccnc2)n1)c1ccccc1Cl.